The van der Waals surface area contributed by atoms with Gasteiger partial charge in [-0.3, -0.25) is 0 Å². The second kappa shape index (κ2) is 22.2. The quantitative estimate of drug-likeness (QED) is 0.174. The average molecular weight is 576 g/mol. The Morgan fingerprint density at radius 1 is 0.342 bits per heavy atom. The van der Waals surface area contributed by atoms with E-state index in [1.807, 2.05) is 80.6 Å². The Balaban J connectivity index is 0.000000492. The van der Waals surface area contributed by atoms with Gasteiger partial charge in [-0.25, -0.2) is 0 Å². The minimum Gasteiger partial charge on any atom is -0.184 e. The molecule has 0 unspecified atom stereocenters. The van der Waals surface area contributed by atoms with Gasteiger partial charge in [0.25, 0.3) is 0 Å². The number of hydrogen-bond donors (Lipinski definition) is 0. The Kier molecular flexibility index (Phi) is 20.6. The summed E-state index contributed by atoms with van der Waals surface area (Å²) in [6.45, 7) is 14.4. The van der Waals surface area contributed by atoms with Crippen molar-refractivity contribution in [1.29, 1.82) is 0 Å². The molecule has 5 rings (SSSR count). The van der Waals surface area contributed by atoms with Crippen molar-refractivity contribution in [3.05, 3.63) is 167 Å². The standard InChI is InChI=1S/C14H14.C7H8.2C7H7.C2H6.Y/c1-11-3-7-13(8-4-11)14-9-5-12(2)6-10-14;3*1-7-5-3-2-4-6-7;1-2;/h3-10H,1-2H3;2-6H,1H3;2*3-6H,1H3;1-2H3;/q;;2*-1;;. The van der Waals surface area contributed by atoms with E-state index in [1.165, 1.54) is 38.9 Å². The van der Waals surface area contributed by atoms with Gasteiger partial charge in [0.15, 0.2) is 0 Å². The van der Waals surface area contributed by atoms with E-state index >= 15 is 0 Å². The molecule has 1 heteroatoms. The molecule has 0 spiro atoms. The molecule has 38 heavy (non-hydrogen) atoms. The zero-order valence-corrected chi connectivity index (χ0v) is 27.0. The topological polar surface area (TPSA) is 0 Å². The van der Waals surface area contributed by atoms with Gasteiger partial charge < -0.3 is 0 Å². The Hall–Kier alpha value is -2.80. The summed E-state index contributed by atoms with van der Waals surface area (Å²) in [5, 5.41) is 0. The third-order valence-electron chi connectivity index (χ3n) is 5.15. The monoisotopic (exact) mass is 575 g/mol. The largest absolute Gasteiger partial charge is 0.184 e. The molecule has 0 saturated carbocycles. The third kappa shape index (κ3) is 16.9. The van der Waals surface area contributed by atoms with Crippen molar-refractivity contribution in [1.82, 2.24) is 0 Å². The van der Waals surface area contributed by atoms with Gasteiger partial charge in [-0.15, -0.1) is 0 Å². The van der Waals surface area contributed by atoms with Crippen LogP contribution in [0.3, 0.4) is 0 Å². The van der Waals surface area contributed by atoms with Gasteiger partial charge in [0, 0.05) is 32.7 Å². The fraction of sp³-hybridized carbons (Fsp3) is 0.189. The van der Waals surface area contributed by atoms with Crippen LogP contribution in [0, 0.1) is 46.8 Å². The van der Waals surface area contributed by atoms with Crippen LogP contribution < -0.4 is 0 Å². The molecule has 0 amide bonds. The molecule has 0 aliphatic carbocycles. The molecule has 0 N–H and O–H groups in total. The van der Waals surface area contributed by atoms with Gasteiger partial charge in [0.2, 0.25) is 0 Å². The van der Waals surface area contributed by atoms with Crippen LogP contribution in [0.2, 0.25) is 0 Å². The van der Waals surface area contributed by atoms with E-state index in [0.717, 1.165) is 0 Å². The molecule has 5 aromatic carbocycles. The van der Waals surface area contributed by atoms with Gasteiger partial charge in [0.05, 0.1) is 0 Å². The number of rotatable bonds is 1. The van der Waals surface area contributed by atoms with Crippen molar-refractivity contribution in [2.75, 3.05) is 0 Å². The Morgan fingerprint density at radius 3 is 0.816 bits per heavy atom. The van der Waals surface area contributed by atoms with Crippen LogP contribution in [0.1, 0.15) is 41.7 Å². The molecular formula is C37H42Y-2. The van der Waals surface area contributed by atoms with Crippen molar-refractivity contribution in [3.63, 3.8) is 0 Å². The first-order valence-corrected chi connectivity index (χ1v) is 12.9. The smallest absolute Gasteiger partial charge is 0 e. The predicted octanol–water partition coefficient (Wildman–Crippen LogP) is 10.6. The van der Waals surface area contributed by atoms with Gasteiger partial charge in [0.1, 0.15) is 0 Å². The molecule has 0 aliphatic rings. The summed E-state index contributed by atoms with van der Waals surface area (Å²) in [6, 6.07) is 49.1. The molecule has 0 saturated heterocycles. The summed E-state index contributed by atoms with van der Waals surface area (Å²) in [4.78, 5) is 0. The number of hydrogen-bond acceptors (Lipinski definition) is 0. The number of benzene rings is 5. The molecule has 0 atom stereocenters. The zero-order valence-electron chi connectivity index (χ0n) is 24.2. The molecule has 0 heterocycles. The maximum Gasteiger partial charge on any atom is 0 e. The van der Waals surface area contributed by atoms with Crippen LogP contribution >= 0.6 is 0 Å². The van der Waals surface area contributed by atoms with Crippen molar-refractivity contribution < 1.29 is 32.7 Å². The summed E-state index contributed by atoms with van der Waals surface area (Å²) in [6.07, 6.45) is 0. The maximum absolute atomic E-state index is 2.93. The first kappa shape index (κ1) is 35.2. The molecule has 0 aromatic heterocycles. The van der Waals surface area contributed by atoms with E-state index in [4.69, 9.17) is 0 Å². The summed E-state index contributed by atoms with van der Waals surface area (Å²) in [7, 11) is 0. The zero-order chi connectivity index (χ0) is 27.3. The Bertz CT molecular complexity index is 1050. The first-order chi connectivity index (χ1) is 17.9. The second-order valence-corrected chi connectivity index (χ2v) is 8.54. The normalized spacial score (nSPS) is 8.71. The predicted molar refractivity (Wildman–Crippen MR) is 164 cm³/mol. The third-order valence-corrected chi connectivity index (χ3v) is 5.15. The van der Waals surface area contributed by atoms with E-state index in [0.29, 0.717) is 0 Å². The Morgan fingerprint density at radius 2 is 0.605 bits per heavy atom. The van der Waals surface area contributed by atoms with Crippen molar-refractivity contribution >= 4 is 0 Å². The minimum absolute atomic E-state index is 0. The van der Waals surface area contributed by atoms with E-state index in [9.17, 15) is 0 Å². The molecule has 0 bridgehead atoms. The molecule has 0 fully saturated rings. The van der Waals surface area contributed by atoms with E-state index in [1.54, 1.807) is 0 Å². The fourth-order valence-corrected chi connectivity index (χ4v) is 2.97. The average Bonchev–Trinajstić information content (AvgIpc) is 2.93. The van der Waals surface area contributed by atoms with Crippen LogP contribution in [0.25, 0.3) is 11.1 Å². The van der Waals surface area contributed by atoms with Crippen LogP contribution in [0.5, 0.6) is 0 Å². The van der Waals surface area contributed by atoms with Crippen LogP contribution in [-0.2, 0) is 32.7 Å². The van der Waals surface area contributed by atoms with Crippen molar-refractivity contribution in [3.8, 4) is 11.1 Å². The molecule has 195 valence electrons. The summed E-state index contributed by atoms with van der Waals surface area (Å²) < 4.78 is 0. The van der Waals surface area contributed by atoms with E-state index in [2.05, 4.69) is 107 Å². The molecule has 0 nitrogen and oxygen atoms in total. The second-order valence-electron chi connectivity index (χ2n) is 8.54. The summed E-state index contributed by atoms with van der Waals surface area (Å²) in [5.74, 6) is 0. The Labute approximate surface area is 258 Å². The fourth-order valence-electron chi connectivity index (χ4n) is 2.97. The summed E-state index contributed by atoms with van der Waals surface area (Å²) in [5.41, 5.74) is 9.09. The van der Waals surface area contributed by atoms with E-state index in [-0.39, 0.29) is 32.7 Å². The minimum atomic E-state index is 0. The van der Waals surface area contributed by atoms with Crippen LogP contribution in [0.15, 0.2) is 127 Å². The molecule has 0 aliphatic heterocycles. The van der Waals surface area contributed by atoms with E-state index < -0.39 is 0 Å². The molecular weight excluding hydrogens is 533 g/mol. The summed E-state index contributed by atoms with van der Waals surface area (Å²) >= 11 is 0. The van der Waals surface area contributed by atoms with Gasteiger partial charge in [-0.05, 0) is 31.9 Å². The molecule has 1 radical (unpaired) electrons. The van der Waals surface area contributed by atoms with Crippen molar-refractivity contribution in [2.45, 2.75) is 48.5 Å². The first-order valence-electron chi connectivity index (χ1n) is 12.9. The number of aryl methyl sites for hydroxylation is 5. The van der Waals surface area contributed by atoms with Gasteiger partial charge in [-0.1, -0.05) is 123 Å². The molecule has 5 aromatic rings. The maximum atomic E-state index is 2.93. The SMILES string of the molecule is CC.Cc1cc[c-]cc1.Cc1cc[c-]cc1.Cc1ccc(-c2ccc(C)cc2)cc1.Cc1ccccc1.[Y]. The van der Waals surface area contributed by atoms with Crippen LogP contribution in [0.4, 0.5) is 0 Å². The van der Waals surface area contributed by atoms with Crippen LogP contribution in [-0.4, -0.2) is 0 Å². The van der Waals surface area contributed by atoms with Gasteiger partial charge >= 0.3 is 0 Å². The van der Waals surface area contributed by atoms with Crippen molar-refractivity contribution in [2.24, 2.45) is 0 Å². The van der Waals surface area contributed by atoms with Gasteiger partial charge in [-0.2, -0.15) is 71.8 Å².